The highest BCUT2D eigenvalue weighted by atomic mass is 16.6. The number of amides is 1. The lowest BCUT2D eigenvalue weighted by Crippen LogP contribution is -2.34. The Bertz CT molecular complexity index is 156. The van der Waals surface area contributed by atoms with E-state index in [9.17, 15) is 4.79 Å². The lowest BCUT2D eigenvalue weighted by Gasteiger charge is -2.21. The van der Waals surface area contributed by atoms with Gasteiger partial charge in [-0.2, -0.15) is 0 Å². The molecule has 0 radical (unpaired) electrons. The van der Waals surface area contributed by atoms with Gasteiger partial charge >= 0.3 is 0 Å². The molecule has 1 fully saturated rings. The van der Waals surface area contributed by atoms with Crippen LogP contribution in [0.2, 0.25) is 0 Å². The maximum atomic E-state index is 11.2. The van der Waals surface area contributed by atoms with Gasteiger partial charge in [0.15, 0.2) is 0 Å². The van der Waals surface area contributed by atoms with Crippen molar-refractivity contribution >= 4 is 5.91 Å². The molecule has 0 saturated carbocycles. The van der Waals surface area contributed by atoms with Gasteiger partial charge in [-0.15, -0.1) is 0 Å². The molecule has 1 heterocycles. The molecule has 13 heavy (non-hydrogen) atoms. The van der Waals surface area contributed by atoms with Crippen molar-refractivity contribution in [1.29, 1.82) is 0 Å². The second-order valence-electron chi connectivity index (χ2n) is 3.37. The minimum Gasteiger partial charge on any atom is -0.316 e. The second kappa shape index (κ2) is 5.94. The molecule has 0 bridgehead atoms. The summed E-state index contributed by atoms with van der Waals surface area (Å²) < 4.78 is 0. The van der Waals surface area contributed by atoms with E-state index in [4.69, 9.17) is 4.84 Å². The smallest absolute Gasteiger partial charge is 0.243 e. The number of nitrogens with one attached hydrogen (secondary N) is 2. The van der Waals surface area contributed by atoms with E-state index in [-0.39, 0.29) is 5.91 Å². The SMILES string of the molecule is CCONC(=O)CC1CCCNC1. The molecule has 1 unspecified atom stereocenters. The first-order chi connectivity index (χ1) is 6.33. The molecule has 0 aromatic heterocycles. The zero-order chi connectivity index (χ0) is 9.52. The molecule has 1 aliphatic rings. The standard InChI is InChI=1S/C9H18N2O2/c1-2-13-11-9(12)6-8-4-3-5-10-7-8/h8,10H,2-7H2,1H3,(H,11,12). The lowest BCUT2D eigenvalue weighted by atomic mass is 9.96. The summed E-state index contributed by atoms with van der Waals surface area (Å²) in [6, 6.07) is 0. The second-order valence-corrected chi connectivity index (χ2v) is 3.37. The van der Waals surface area contributed by atoms with Crippen molar-refractivity contribution < 1.29 is 9.63 Å². The van der Waals surface area contributed by atoms with Crippen LogP contribution < -0.4 is 10.8 Å². The molecule has 0 aliphatic carbocycles. The van der Waals surface area contributed by atoms with Crippen LogP contribution in [0.4, 0.5) is 0 Å². The molecule has 0 aromatic carbocycles. The quantitative estimate of drug-likeness (QED) is 0.626. The van der Waals surface area contributed by atoms with Crippen LogP contribution in [-0.4, -0.2) is 25.6 Å². The first kappa shape index (κ1) is 10.5. The number of carbonyl (C=O) groups excluding carboxylic acids is 1. The monoisotopic (exact) mass is 186 g/mol. The van der Waals surface area contributed by atoms with Crippen molar-refractivity contribution in [3.05, 3.63) is 0 Å². The highest BCUT2D eigenvalue weighted by Gasteiger charge is 2.16. The third-order valence-corrected chi connectivity index (χ3v) is 2.20. The van der Waals surface area contributed by atoms with Crippen LogP contribution in [0.15, 0.2) is 0 Å². The summed E-state index contributed by atoms with van der Waals surface area (Å²) in [5.41, 5.74) is 2.41. The number of carbonyl (C=O) groups is 1. The van der Waals surface area contributed by atoms with Gasteiger partial charge in [0.2, 0.25) is 5.91 Å². The topological polar surface area (TPSA) is 50.4 Å². The number of hydrogen-bond donors (Lipinski definition) is 2. The fourth-order valence-corrected chi connectivity index (χ4v) is 1.55. The summed E-state index contributed by atoms with van der Waals surface area (Å²) in [6.45, 7) is 4.42. The van der Waals surface area contributed by atoms with E-state index in [1.807, 2.05) is 6.92 Å². The molecule has 2 N–H and O–H groups in total. The van der Waals surface area contributed by atoms with Crippen LogP contribution in [-0.2, 0) is 9.63 Å². The lowest BCUT2D eigenvalue weighted by molar-refractivity contribution is -0.134. The van der Waals surface area contributed by atoms with Crippen LogP contribution in [0.5, 0.6) is 0 Å². The minimum absolute atomic E-state index is 0.00412. The Morgan fingerprint density at radius 3 is 3.15 bits per heavy atom. The van der Waals surface area contributed by atoms with Gasteiger partial charge in [0.1, 0.15) is 0 Å². The first-order valence-corrected chi connectivity index (χ1v) is 4.94. The highest BCUT2D eigenvalue weighted by Crippen LogP contribution is 2.13. The van der Waals surface area contributed by atoms with Crippen LogP contribution in [0.3, 0.4) is 0 Å². The van der Waals surface area contributed by atoms with E-state index >= 15 is 0 Å². The molecule has 1 aliphatic heterocycles. The Labute approximate surface area is 79.0 Å². The molecule has 76 valence electrons. The minimum atomic E-state index is -0.00412. The first-order valence-electron chi connectivity index (χ1n) is 4.94. The van der Waals surface area contributed by atoms with E-state index in [1.165, 1.54) is 6.42 Å². The third kappa shape index (κ3) is 4.24. The molecule has 0 aromatic rings. The van der Waals surface area contributed by atoms with Crippen LogP contribution >= 0.6 is 0 Å². The van der Waals surface area contributed by atoms with E-state index in [0.29, 0.717) is 18.9 Å². The number of hydroxylamine groups is 1. The van der Waals surface area contributed by atoms with Gasteiger partial charge in [-0.05, 0) is 38.8 Å². The Kier molecular flexibility index (Phi) is 4.78. The van der Waals surface area contributed by atoms with E-state index in [2.05, 4.69) is 10.8 Å². The summed E-state index contributed by atoms with van der Waals surface area (Å²) in [5, 5.41) is 3.28. The Morgan fingerprint density at radius 2 is 2.54 bits per heavy atom. The van der Waals surface area contributed by atoms with Crippen molar-refractivity contribution in [1.82, 2.24) is 10.8 Å². The number of rotatable bonds is 4. The van der Waals surface area contributed by atoms with Gasteiger partial charge in [-0.3, -0.25) is 9.63 Å². The number of piperidine rings is 1. The molecular weight excluding hydrogens is 168 g/mol. The maximum Gasteiger partial charge on any atom is 0.243 e. The summed E-state index contributed by atoms with van der Waals surface area (Å²) >= 11 is 0. The van der Waals surface area contributed by atoms with Gasteiger partial charge in [-0.25, -0.2) is 5.48 Å². The average Bonchev–Trinajstić information content (AvgIpc) is 2.16. The summed E-state index contributed by atoms with van der Waals surface area (Å²) in [7, 11) is 0. The zero-order valence-electron chi connectivity index (χ0n) is 8.14. The zero-order valence-corrected chi connectivity index (χ0v) is 8.14. The van der Waals surface area contributed by atoms with Crippen LogP contribution in [0.1, 0.15) is 26.2 Å². The summed E-state index contributed by atoms with van der Waals surface area (Å²) in [6.07, 6.45) is 2.89. The molecule has 4 heteroatoms. The average molecular weight is 186 g/mol. The molecule has 1 rings (SSSR count). The Hall–Kier alpha value is -0.610. The van der Waals surface area contributed by atoms with Crippen molar-refractivity contribution in [2.45, 2.75) is 26.2 Å². The highest BCUT2D eigenvalue weighted by molar-refractivity contribution is 5.75. The Morgan fingerprint density at radius 1 is 1.69 bits per heavy atom. The molecule has 1 saturated heterocycles. The van der Waals surface area contributed by atoms with Gasteiger partial charge in [0, 0.05) is 6.42 Å². The van der Waals surface area contributed by atoms with Crippen molar-refractivity contribution in [3.8, 4) is 0 Å². The van der Waals surface area contributed by atoms with Crippen molar-refractivity contribution in [2.75, 3.05) is 19.7 Å². The van der Waals surface area contributed by atoms with E-state index in [1.54, 1.807) is 0 Å². The van der Waals surface area contributed by atoms with Crippen molar-refractivity contribution in [2.24, 2.45) is 5.92 Å². The molecular formula is C9H18N2O2. The summed E-state index contributed by atoms with van der Waals surface area (Å²) in [4.78, 5) is 16.0. The summed E-state index contributed by atoms with van der Waals surface area (Å²) in [5.74, 6) is 0.477. The largest absolute Gasteiger partial charge is 0.316 e. The Balaban J connectivity index is 2.11. The van der Waals surface area contributed by atoms with E-state index in [0.717, 1.165) is 19.5 Å². The van der Waals surface area contributed by atoms with Gasteiger partial charge < -0.3 is 5.32 Å². The molecule has 1 atom stereocenters. The predicted molar refractivity (Wildman–Crippen MR) is 50.0 cm³/mol. The fourth-order valence-electron chi connectivity index (χ4n) is 1.55. The van der Waals surface area contributed by atoms with E-state index < -0.39 is 0 Å². The van der Waals surface area contributed by atoms with Crippen LogP contribution in [0, 0.1) is 5.92 Å². The molecule has 4 nitrogen and oxygen atoms in total. The van der Waals surface area contributed by atoms with Gasteiger partial charge in [0.05, 0.1) is 6.61 Å². The van der Waals surface area contributed by atoms with Gasteiger partial charge in [0.25, 0.3) is 0 Å². The van der Waals surface area contributed by atoms with Crippen molar-refractivity contribution in [3.63, 3.8) is 0 Å². The maximum absolute atomic E-state index is 11.2. The number of hydrogen-bond acceptors (Lipinski definition) is 3. The van der Waals surface area contributed by atoms with Gasteiger partial charge in [-0.1, -0.05) is 0 Å². The fraction of sp³-hybridized carbons (Fsp3) is 0.889. The molecule has 0 spiro atoms. The third-order valence-electron chi connectivity index (χ3n) is 2.20. The molecule has 1 amide bonds. The predicted octanol–water partition coefficient (Wildman–Crippen LogP) is 0.444. The van der Waals surface area contributed by atoms with Crippen LogP contribution in [0.25, 0.3) is 0 Å². The normalized spacial score (nSPS) is 22.7.